The Morgan fingerprint density at radius 2 is 1.94 bits per heavy atom. The van der Waals surface area contributed by atoms with Gasteiger partial charge in [0.15, 0.2) is 0 Å². The molecule has 0 saturated heterocycles. The second kappa shape index (κ2) is 3.71. The predicted octanol–water partition coefficient (Wildman–Crippen LogP) is 3.34. The molecule has 2 heteroatoms. The van der Waals surface area contributed by atoms with E-state index in [9.17, 15) is 4.79 Å². The number of pyridine rings is 1. The van der Waals surface area contributed by atoms with Gasteiger partial charge in [-0.05, 0) is 22.4 Å². The van der Waals surface area contributed by atoms with Crippen LogP contribution >= 0.6 is 0 Å². The van der Waals surface area contributed by atoms with Gasteiger partial charge in [-0.25, -0.2) is 0 Å². The van der Waals surface area contributed by atoms with E-state index in [0.717, 1.165) is 11.7 Å². The Kier molecular flexibility index (Phi) is 2.50. The van der Waals surface area contributed by atoms with Gasteiger partial charge in [0.2, 0.25) is 0 Å². The number of nitrogens with zero attached hydrogens (tertiary/aromatic N) is 1. The molecule has 1 heterocycles. The molecule has 0 aliphatic carbocycles. The van der Waals surface area contributed by atoms with Gasteiger partial charge in [0, 0.05) is 23.3 Å². The summed E-state index contributed by atoms with van der Waals surface area (Å²) in [6, 6.07) is 5.73. The molecule has 0 fully saturated rings. The first-order chi connectivity index (χ1) is 7.52. The molecular weight excluding hydrogens is 198 g/mol. The number of carbonyl (C=O) groups excluding carboxylic acids is 1. The van der Waals surface area contributed by atoms with E-state index < -0.39 is 0 Å². The quantitative estimate of drug-likeness (QED) is 0.680. The summed E-state index contributed by atoms with van der Waals surface area (Å²) in [6.45, 7) is 6.49. The molecule has 0 spiro atoms. The van der Waals surface area contributed by atoms with Gasteiger partial charge in [-0.2, -0.15) is 0 Å². The first kappa shape index (κ1) is 10.8. The fraction of sp³-hybridized carbons (Fsp3) is 0.286. The van der Waals surface area contributed by atoms with E-state index in [-0.39, 0.29) is 5.41 Å². The van der Waals surface area contributed by atoms with E-state index in [4.69, 9.17) is 0 Å². The minimum Gasteiger partial charge on any atom is -0.298 e. The third kappa shape index (κ3) is 1.83. The number of aldehydes is 1. The Morgan fingerprint density at radius 1 is 1.19 bits per heavy atom. The molecule has 82 valence electrons. The van der Waals surface area contributed by atoms with Crippen molar-refractivity contribution in [3.63, 3.8) is 0 Å². The average molecular weight is 213 g/mol. The van der Waals surface area contributed by atoms with Crippen LogP contribution < -0.4 is 0 Å². The van der Waals surface area contributed by atoms with Crippen molar-refractivity contribution in [2.24, 2.45) is 0 Å². The van der Waals surface area contributed by atoms with E-state index in [1.807, 2.05) is 24.4 Å². The fourth-order valence-corrected chi connectivity index (χ4v) is 1.87. The Labute approximate surface area is 95.3 Å². The first-order valence-electron chi connectivity index (χ1n) is 5.36. The van der Waals surface area contributed by atoms with Crippen molar-refractivity contribution in [2.75, 3.05) is 0 Å². The highest BCUT2D eigenvalue weighted by molar-refractivity contribution is 5.90. The average Bonchev–Trinajstić information content (AvgIpc) is 2.26. The van der Waals surface area contributed by atoms with Crippen LogP contribution in [0.25, 0.3) is 10.8 Å². The minimum absolute atomic E-state index is 0.0647. The SMILES string of the molecule is CC(C)(C)c1cncc2cc(C=O)ccc12. The number of benzene rings is 1. The Bertz CT molecular complexity index is 538. The van der Waals surface area contributed by atoms with Gasteiger partial charge >= 0.3 is 0 Å². The van der Waals surface area contributed by atoms with Crippen LogP contribution in [-0.2, 0) is 5.41 Å². The Balaban J connectivity index is 2.74. The maximum absolute atomic E-state index is 10.7. The van der Waals surface area contributed by atoms with Crippen LogP contribution in [0.4, 0.5) is 0 Å². The smallest absolute Gasteiger partial charge is 0.150 e. The van der Waals surface area contributed by atoms with Crippen LogP contribution in [0.15, 0.2) is 30.6 Å². The summed E-state index contributed by atoms with van der Waals surface area (Å²) in [4.78, 5) is 15.0. The number of fused-ring (bicyclic) bond motifs is 1. The molecule has 0 aliphatic heterocycles. The molecule has 16 heavy (non-hydrogen) atoms. The molecule has 2 rings (SSSR count). The van der Waals surface area contributed by atoms with Gasteiger partial charge < -0.3 is 0 Å². The number of hydrogen-bond donors (Lipinski definition) is 0. The number of carbonyl (C=O) groups is 1. The second-order valence-electron chi connectivity index (χ2n) is 5.04. The van der Waals surface area contributed by atoms with Crippen molar-refractivity contribution in [3.8, 4) is 0 Å². The molecule has 1 aromatic heterocycles. The Hall–Kier alpha value is -1.70. The van der Waals surface area contributed by atoms with Crippen LogP contribution in [0, 0.1) is 0 Å². The van der Waals surface area contributed by atoms with E-state index in [0.29, 0.717) is 5.56 Å². The van der Waals surface area contributed by atoms with E-state index in [1.165, 1.54) is 10.9 Å². The molecule has 0 aliphatic rings. The van der Waals surface area contributed by atoms with Crippen molar-refractivity contribution in [2.45, 2.75) is 26.2 Å². The highest BCUT2D eigenvalue weighted by atomic mass is 16.1. The summed E-state index contributed by atoms with van der Waals surface area (Å²) in [6.07, 6.45) is 4.57. The maximum atomic E-state index is 10.7. The number of rotatable bonds is 1. The molecule has 0 amide bonds. The van der Waals surface area contributed by atoms with Gasteiger partial charge in [-0.15, -0.1) is 0 Å². The van der Waals surface area contributed by atoms with Crippen LogP contribution in [0.3, 0.4) is 0 Å². The van der Waals surface area contributed by atoms with Crippen molar-refractivity contribution < 1.29 is 4.79 Å². The molecule has 0 saturated carbocycles. The number of aromatic nitrogens is 1. The zero-order valence-corrected chi connectivity index (χ0v) is 9.82. The van der Waals surface area contributed by atoms with Crippen molar-refractivity contribution in [1.82, 2.24) is 4.98 Å². The largest absolute Gasteiger partial charge is 0.298 e. The van der Waals surface area contributed by atoms with Crippen molar-refractivity contribution >= 4 is 17.1 Å². The summed E-state index contributed by atoms with van der Waals surface area (Å²) in [5.41, 5.74) is 1.97. The monoisotopic (exact) mass is 213 g/mol. The van der Waals surface area contributed by atoms with Gasteiger partial charge in [0.05, 0.1) is 0 Å². The van der Waals surface area contributed by atoms with Crippen molar-refractivity contribution in [3.05, 3.63) is 41.7 Å². The first-order valence-corrected chi connectivity index (χ1v) is 5.36. The molecule has 0 atom stereocenters. The lowest BCUT2D eigenvalue weighted by atomic mass is 9.85. The zero-order chi connectivity index (χ0) is 11.8. The topological polar surface area (TPSA) is 30.0 Å². The summed E-state index contributed by atoms with van der Waals surface area (Å²) in [5, 5.41) is 2.20. The second-order valence-corrected chi connectivity index (χ2v) is 5.04. The van der Waals surface area contributed by atoms with Crippen LogP contribution in [0.5, 0.6) is 0 Å². The van der Waals surface area contributed by atoms with Crippen LogP contribution in [0.1, 0.15) is 36.7 Å². The zero-order valence-electron chi connectivity index (χ0n) is 9.82. The summed E-state index contributed by atoms with van der Waals surface area (Å²) in [7, 11) is 0. The molecule has 0 unspecified atom stereocenters. The van der Waals surface area contributed by atoms with Gasteiger partial charge in [0.25, 0.3) is 0 Å². The lowest BCUT2D eigenvalue weighted by Crippen LogP contribution is -2.12. The highest BCUT2D eigenvalue weighted by Crippen LogP contribution is 2.29. The maximum Gasteiger partial charge on any atom is 0.150 e. The van der Waals surface area contributed by atoms with Gasteiger partial charge in [-0.1, -0.05) is 32.9 Å². The highest BCUT2D eigenvalue weighted by Gasteiger charge is 2.16. The summed E-state index contributed by atoms with van der Waals surface area (Å²) < 4.78 is 0. The summed E-state index contributed by atoms with van der Waals surface area (Å²) in [5.74, 6) is 0. The predicted molar refractivity (Wildman–Crippen MR) is 65.8 cm³/mol. The molecule has 0 radical (unpaired) electrons. The van der Waals surface area contributed by atoms with Crippen LogP contribution in [0.2, 0.25) is 0 Å². The van der Waals surface area contributed by atoms with E-state index in [2.05, 4.69) is 25.8 Å². The lowest BCUT2D eigenvalue weighted by molar-refractivity contribution is 0.112. The molecule has 2 aromatic rings. The third-order valence-electron chi connectivity index (χ3n) is 2.73. The Morgan fingerprint density at radius 3 is 2.56 bits per heavy atom. The molecule has 2 nitrogen and oxygen atoms in total. The van der Waals surface area contributed by atoms with Gasteiger partial charge in [0.1, 0.15) is 6.29 Å². The normalized spacial score (nSPS) is 11.7. The van der Waals surface area contributed by atoms with Gasteiger partial charge in [-0.3, -0.25) is 9.78 Å². The van der Waals surface area contributed by atoms with E-state index >= 15 is 0 Å². The minimum atomic E-state index is 0.0647. The summed E-state index contributed by atoms with van der Waals surface area (Å²) >= 11 is 0. The molecule has 1 aromatic carbocycles. The molecular formula is C14H15NO. The number of hydrogen-bond acceptors (Lipinski definition) is 2. The lowest BCUT2D eigenvalue weighted by Gasteiger charge is -2.20. The molecule has 0 N–H and O–H groups in total. The molecule has 0 bridgehead atoms. The van der Waals surface area contributed by atoms with Crippen LogP contribution in [-0.4, -0.2) is 11.3 Å². The van der Waals surface area contributed by atoms with E-state index in [1.54, 1.807) is 6.20 Å². The standard InChI is InChI=1S/C14H15NO/c1-14(2,3)13-8-15-7-11-6-10(9-16)4-5-12(11)13/h4-9H,1-3H3. The van der Waals surface area contributed by atoms with Crippen molar-refractivity contribution in [1.29, 1.82) is 0 Å². The fourth-order valence-electron chi connectivity index (χ4n) is 1.87. The third-order valence-corrected chi connectivity index (χ3v) is 2.73.